The summed E-state index contributed by atoms with van der Waals surface area (Å²) in [6.45, 7) is 4.02. The molecule has 100 valence electrons. The van der Waals surface area contributed by atoms with Crippen molar-refractivity contribution in [1.82, 2.24) is 15.0 Å². The molecule has 2 N–H and O–H groups in total. The van der Waals surface area contributed by atoms with Crippen molar-refractivity contribution in [2.75, 3.05) is 5.32 Å². The number of carbonyl (C=O) groups is 1. The van der Waals surface area contributed by atoms with Crippen LogP contribution in [0.15, 0.2) is 18.5 Å². The maximum absolute atomic E-state index is 10.8. The fourth-order valence-electron chi connectivity index (χ4n) is 1.49. The van der Waals surface area contributed by atoms with Gasteiger partial charge in [-0.1, -0.05) is 6.92 Å². The molecule has 0 aliphatic heterocycles. The summed E-state index contributed by atoms with van der Waals surface area (Å²) in [5.41, 5.74) is -0.0296. The average molecular weight is 278 g/mol. The fraction of sp³-hybridized carbons (Fsp3) is 0.333. The number of hydrogen-bond acceptors (Lipinski definition) is 6. The van der Waals surface area contributed by atoms with Crippen LogP contribution in [0, 0.1) is 0 Å². The number of nitrogens with zero attached hydrogens (tertiary/aromatic N) is 3. The van der Waals surface area contributed by atoms with E-state index in [0.717, 1.165) is 11.4 Å². The van der Waals surface area contributed by atoms with Gasteiger partial charge in [0.05, 0.1) is 6.04 Å². The molecule has 0 fully saturated rings. The predicted octanol–water partition coefficient (Wildman–Crippen LogP) is 2.37. The van der Waals surface area contributed by atoms with Crippen LogP contribution in [0.25, 0.3) is 0 Å². The molecule has 1 unspecified atom stereocenters. The summed E-state index contributed by atoms with van der Waals surface area (Å²) >= 11 is 1.63. The number of carboxylic acid groups (broad SMARTS) is 1. The van der Waals surface area contributed by atoms with E-state index in [1.165, 1.54) is 17.1 Å². The molecule has 0 aliphatic rings. The van der Waals surface area contributed by atoms with Crippen LogP contribution < -0.4 is 5.32 Å². The largest absolute Gasteiger partial charge is 0.477 e. The first-order valence-electron chi connectivity index (χ1n) is 5.87. The van der Waals surface area contributed by atoms with Gasteiger partial charge in [0.25, 0.3) is 0 Å². The lowest BCUT2D eigenvalue weighted by molar-refractivity contribution is 0.0690. The number of carboxylic acids is 1. The van der Waals surface area contributed by atoms with Gasteiger partial charge in [0.1, 0.15) is 5.01 Å². The van der Waals surface area contributed by atoms with Crippen LogP contribution in [0.2, 0.25) is 0 Å². The van der Waals surface area contributed by atoms with Gasteiger partial charge in [0.15, 0.2) is 5.69 Å². The van der Waals surface area contributed by atoms with E-state index in [4.69, 9.17) is 5.11 Å². The van der Waals surface area contributed by atoms with Crippen molar-refractivity contribution in [1.29, 1.82) is 0 Å². The Kier molecular flexibility index (Phi) is 4.06. The zero-order valence-electron chi connectivity index (χ0n) is 10.6. The molecule has 2 heterocycles. The zero-order chi connectivity index (χ0) is 13.8. The van der Waals surface area contributed by atoms with Crippen LogP contribution in [-0.2, 0) is 6.42 Å². The van der Waals surface area contributed by atoms with Crippen molar-refractivity contribution in [3.63, 3.8) is 0 Å². The van der Waals surface area contributed by atoms with Gasteiger partial charge in [-0.15, -0.1) is 11.3 Å². The van der Waals surface area contributed by atoms with E-state index in [1.54, 1.807) is 11.3 Å². The number of rotatable bonds is 5. The molecule has 0 saturated heterocycles. The number of hydrogen-bond donors (Lipinski definition) is 2. The molecule has 0 amide bonds. The second-order valence-corrected chi connectivity index (χ2v) is 5.10. The Labute approximate surface area is 114 Å². The highest BCUT2D eigenvalue weighted by atomic mass is 32.1. The standard InChI is InChI=1S/C12H14N4O2S/c1-3-8-6-14-10(19-8)7(2)15-12-13-5-4-9(16-12)11(17)18/h4-7H,3H2,1-2H3,(H,17,18)(H,13,15,16). The van der Waals surface area contributed by atoms with E-state index in [-0.39, 0.29) is 11.7 Å². The smallest absolute Gasteiger partial charge is 0.354 e. The van der Waals surface area contributed by atoms with Crippen LogP contribution in [0.1, 0.15) is 40.3 Å². The van der Waals surface area contributed by atoms with Crippen molar-refractivity contribution in [3.05, 3.63) is 34.0 Å². The summed E-state index contributed by atoms with van der Waals surface area (Å²) in [6.07, 6.45) is 4.23. The molecule has 0 aliphatic carbocycles. The second kappa shape index (κ2) is 5.75. The highest BCUT2D eigenvalue weighted by Gasteiger charge is 2.12. The third-order valence-corrected chi connectivity index (χ3v) is 3.84. The summed E-state index contributed by atoms with van der Waals surface area (Å²) in [5, 5.41) is 12.9. The quantitative estimate of drug-likeness (QED) is 0.873. The SMILES string of the molecule is CCc1cnc(C(C)Nc2nccc(C(=O)O)n2)s1. The lowest BCUT2D eigenvalue weighted by Crippen LogP contribution is -2.11. The van der Waals surface area contributed by atoms with E-state index >= 15 is 0 Å². The summed E-state index contributed by atoms with van der Waals surface area (Å²) < 4.78 is 0. The van der Waals surface area contributed by atoms with Gasteiger partial charge in [-0.05, 0) is 19.4 Å². The van der Waals surface area contributed by atoms with E-state index in [0.29, 0.717) is 5.95 Å². The summed E-state index contributed by atoms with van der Waals surface area (Å²) in [4.78, 5) is 24.3. The average Bonchev–Trinajstić information content (AvgIpc) is 2.88. The van der Waals surface area contributed by atoms with Gasteiger partial charge in [0.2, 0.25) is 5.95 Å². The van der Waals surface area contributed by atoms with Gasteiger partial charge in [-0.2, -0.15) is 0 Å². The molecule has 19 heavy (non-hydrogen) atoms. The van der Waals surface area contributed by atoms with Crippen LogP contribution in [0.5, 0.6) is 0 Å². The molecule has 0 radical (unpaired) electrons. The molecule has 2 rings (SSSR count). The Morgan fingerprint density at radius 3 is 2.95 bits per heavy atom. The van der Waals surface area contributed by atoms with Crippen molar-refractivity contribution >= 4 is 23.3 Å². The first kappa shape index (κ1) is 13.4. The Balaban J connectivity index is 2.12. The van der Waals surface area contributed by atoms with Crippen molar-refractivity contribution in [2.24, 2.45) is 0 Å². The monoisotopic (exact) mass is 278 g/mol. The van der Waals surface area contributed by atoms with Crippen LogP contribution in [0.4, 0.5) is 5.95 Å². The molecule has 2 aromatic rings. The maximum Gasteiger partial charge on any atom is 0.354 e. The number of anilines is 1. The molecule has 1 atom stereocenters. The van der Waals surface area contributed by atoms with E-state index in [2.05, 4.69) is 27.2 Å². The first-order chi connectivity index (χ1) is 9.10. The van der Waals surface area contributed by atoms with Crippen molar-refractivity contribution in [3.8, 4) is 0 Å². The van der Waals surface area contributed by atoms with Gasteiger partial charge < -0.3 is 10.4 Å². The van der Waals surface area contributed by atoms with E-state index in [9.17, 15) is 4.79 Å². The molecule has 0 bridgehead atoms. The number of aromatic carboxylic acids is 1. The Morgan fingerprint density at radius 1 is 1.53 bits per heavy atom. The number of nitrogens with one attached hydrogen (secondary N) is 1. The normalized spacial score (nSPS) is 12.1. The van der Waals surface area contributed by atoms with Gasteiger partial charge in [-0.3, -0.25) is 0 Å². The minimum Gasteiger partial charge on any atom is -0.477 e. The zero-order valence-corrected chi connectivity index (χ0v) is 11.4. The minimum absolute atomic E-state index is 0.0296. The van der Waals surface area contributed by atoms with Crippen molar-refractivity contribution < 1.29 is 9.90 Å². The number of aromatic nitrogens is 3. The van der Waals surface area contributed by atoms with Gasteiger partial charge in [0, 0.05) is 17.3 Å². The third-order valence-electron chi connectivity index (χ3n) is 2.51. The molecule has 7 heteroatoms. The van der Waals surface area contributed by atoms with Gasteiger partial charge in [-0.25, -0.2) is 19.7 Å². The number of thiazole rings is 1. The van der Waals surface area contributed by atoms with Crippen LogP contribution >= 0.6 is 11.3 Å². The summed E-state index contributed by atoms with van der Waals surface area (Å²) in [5.74, 6) is -0.777. The molecular weight excluding hydrogens is 264 g/mol. The molecule has 2 aromatic heterocycles. The van der Waals surface area contributed by atoms with Crippen molar-refractivity contribution in [2.45, 2.75) is 26.3 Å². The van der Waals surface area contributed by atoms with E-state index in [1.807, 2.05) is 13.1 Å². The predicted molar refractivity (Wildman–Crippen MR) is 72.5 cm³/mol. The molecule has 0 aromatic carbocycles. The maximum atomic E-state index is 10.8. The molecule has 0 saturated carbocycles. The molecule has 0 spiro atoms. The first-order valence-corrected chi connectivity index (χ1v) is 6.69. The lowest BCUT2D eigenvalue weighted by atomic mass is 10.3. The van der Waals surface area contributed by atoms with Gasteiger partial charge >= 0.3 is 5.97 Å². The molecule has 6 nitrogen and oxygen atoms in total. The Morgan fingerprint density at radius 2 is 2.32 bits per heavy atom. The minimum atomic E-state index is -1.07. The lowest BCUT2D eigenvalue weighted by Gasteiger charge is -2.10. The third kappa shape index (κ3) is 3.25. The second-order valence-electron chi connectivity index (χ2n) is 3.96. The Bertz CT molecular complexity index is 585. The van der Waals surface area contributed by atoms with Crippen LogP contribution in [-0.4, -0.2) is 26.0 Å². The highest BCUT2D eigenvalue weighted by Crippen LogP contribution is 2.22. The molecular formula is C12H14N4O2S. The fourth-order valence-corrected chi connectivity index (χ4v) is 2.35. The highest BCUT2D eigenvalue weighted by molar-refractivity contribution is 7.11. The van der Waals surface area contributed by atoms with Crippen LogP contribution in [0.3, 0.4) is 0 Å². The Hall–Kier alpha value is -2.02. The topological polar surface area (TPSA) is 88.0 Å². The van der Waals surface area contributed by atoms with E-state index < -0.39 is 5.97 Å². The summed E-state index contributed by atoms with van der Waals surface area (Å²) in [6, 6.07) is 1.30. The number of aryl methyl sites for hydroxylation is 1. The summed E-state index contributed by atoms with van der Waals surface area (Å²) in [7, 11) is 0.